The van der Waals surface area contributed by atoms with E-state index in [1.807, 2.05) is 29.2 Å². The second kappa shape index (κ2) is 9.75. The highest BCUT2D eigenvalue weighted by molar-refractivity contribution is 7.09. The van der Waals surface area contributed by atoms with Crippen LogP contribution >= 0.6 is 22.9 Å². The summed E-state index contributed by atoms with van der Waals surface area (Å²) in [7, 11) is 0. The van der Waals surface area contributed by atoms with Gasteiger partial charge in [0.15, 0.2) is 0 Å². The van der Waals surface area contributed by atoms with E-state index in [1.165, 1.54) is 0 Å². The van der Waals surface area contributed by atoms with Crippen LogP contribution in [0.5, 0.6) is 0 Å². The molecule has 1 saturated heterocycles. The second-order valence-electron chi connectivity index (χ2n) is 7.97. The molecule has 2 amide bonds. The Morgan fingerprint density at radius 1 is 1.27 bits per heavy atom. The van der Waals surface area contributed by atoms with E-state index < -0.39 is 0 Å². The number of carbonyl (C=O) groups excluding carboxylic acids is 2. The molecular weight excluding hydrogens is 418 g/mol. The Balaban J connectivity index is 1.30. The van der Waals surface area contributed by atoms with Gasteiger partial charge >= 0.3 is 0 Å². The van der Waals surface area contributed by atoms with E-state index >= 15 is 0 Å². The summed E-state index contributed by atoms with van der Waals surface area (Å²) in [4.78, 5) is 31.1. The molecule has 2 aliphatic rings. The second-order valence-corrected chi connectivity index (χ2v) is 9.27. The molecule has 0 radical (unpaired) electrons. The maximum Gasteiger partial charge on any atom is 0.246 e. The van der Waals surface area contributed by atoms with Gasteiger partial charge in [-0.3, -0.25) is 9.59 Å². The van der Waals surface area contributed by atoms with Crippen LogP contribution in [0.4, 0.5) is 0 Å². The lowest BCUT2D eigenvalue weighted by molar-refractivity contribution is -0.127. The van der Waals surface area contributed by atoms with Crippen molar-refractivity contribution < 1.29 is 9.59 Å². The van der Waals surface area contributed by atoms with E-state index in [1.54, 1.807) is 23.5 Å². The predicted molar refractivity (Wildman–Crippen MR) is 121 cm³/mol. The minimum atomic E-state index is 0.0131. The lowest BCUT2D eigenvalue weighted by Gasteiger charge is -2.31. The van der Waals surface area contributed by atoms with Crippen LogP contribution in [0.25, 0.3) is 6.08 Å². The fourth-order valence-electron chi connectivity index (χ4n) is 3.68. The number of hydrogen-bond donors (Lipinski definition) is 1. The van der Waals surface area contributed by atoms with Gasteiger partial charge in [-0.25, -0.2) is 4.98 Å². The van der Waals surface area contributed by atoms with E-state index in [0.29, 0.717) is 18.1 Å². The van der Waals surface area contributed by atoms with Gasteiger partial charge in [-0.15, -0.1) is 11.3 Å². The summed E-state index contributed by atoms with van der Waals surface area (Å²) < 4.78 is 0. The van der Waals surface area contributed by atoms with Crippen LogP contribution in [0.15, 0.2) is 35.7 Å². The average Bonchev–Trinajstić information content (AvgIpc) is 3.51. The monoisotopic (exact) mass is 443 g/mol. The van der Waals surface area contributed by atoms with Gasteiger partial charge in [0.2, 0.25) is 11.8 Å². The number of benzene rings is 1. The van der Waals surface area contributed by atoms with Crippen molar-refractivity contribution in [1.29, 1.82) is 0 Å². The van der Waals surface area contributed by atoms with Crippen molar-refractivity contribution in [3.05, 3.63) is 57.0 Å². The maximum absolute atomic E-state index is 12.7. The minimum absolute atomic E-state index is 0.0131. The van der Waals surface area contributed by atoms with Crippen molar-refractivity contribution in [1.82, 2.24) is 15.2 Å². The number of rotatable bonds is 7. The number of likely N-dealkylation sites (tertiary alicyclic amines) is 1. The van der Waals surface area contributed by atoms with Crippen molar-refractivity contribution in [2.75, 3.05) is 19.6 Å². The number of hydrogen-bond acceptors (Lipinski definition) is 4. The lowest BCUT2D eigenvalue weighted by Crippen LogP contribution is -2.38. The van der Waals surface area contributed by atoms with Gasteiger partial charge < -0.3 is 10.2 Å². The van der Waals surface area contributed by atoms with Gasteiger partial charge in [-0.05, 0) is 43.4 Å². The van der Waals surface area contributed by atoms with Crippen molar-refractivity contribution in [2.45, 2.75) is 38.0 Å². The summed E-state index contributed by atoms with van der Waals surface area (Å²) in [5.74, 6) is 0.709. The number of nitrogens with one attached hydrogen (secondary N) is 1. The molecule has 1 aliphatic carbocycles. The molecule has 1 saturated carbocycles. The number of carbonyl (C=O) groups is 2. The molecule has 158 valence electrons. The van der Waals surface area contributed by atoms with E-state index in [-0.39, 0.29) is 23.7 Å². The number of amides is 2. The highest BCUT2D eigenvalue weighted by Crippen LogP contribution is 2.30. The highest BCUT2D eigenvalue weighted by atomic mass is 35.5. The van der Waals surface area contributed by atoms with Gasteiger partial charge in [-0.1, -0.05) is 29.8 Å². The Morgan fingerprint density at radius 3 is 2.90 bits per heavy atom. The molecule has 2 fully saturated rings. The fourth-order valence-corrected chi connectivity index (χ4v) is 4.87. The third-order valence-electron chi connectivity index (χ3n) is 5.59. The third-order valence-corrected chi connectivity index (χ3v) is 6.99. The Bertz CT molecular complexity index is 938. The van der Waals surface area contributed by atoms with Crippen LogP contribution < -0.4 is 5.32 Å². The van der Waals surface area contributed by atoms with Crippen molar-refractivity contribution in [2.24, 2.45) is 5.92 Å². The van der Waals surface area contributed by atoms with E-state index in [9.17, 15) is 9.59 Å². The Hall–Kier alpha value is -2.18. The summed E-state index contributed by atoms with van der Waals surface area (Å²) in [5, 5.41) is 6.80. The number of piperidine rings is 1. The number of thiazole rings is 1. The van der Waals surface area contributed by atoms with Crippen LogP contribution in [0.3, 0.4) is 0 Å². The molecule has 1 aliphatic heterocycles. The van der Waals surface area contributed by atoms with Gasteiger partial charge in [0.25, 0.3) is 0 Å². The van der Waals surface area contributed by atoms with Gasteiger partial charge in [0.05, 0.1) is 10.7 Å². The summed E-state index contributed by atoms with van der Waals surface area (Å²) >= 11 is 7.83. The van der Waals surface area contributed by atoms with Crippen LogP contribution in [-0.4, -0.2) is 41.3 Å². The van der Waals surface area contributed by atoms with Gasteiger partial charge in [-0.2, -0.15) is 0 Å². The first-order valence-corrected chi connectivity index (χ1v) is 11.8. The Kier molecular flexibility index (Phi) is 6.85. The van der Waals surface area contributed by atoms with E-state index in [0.717, 1.165) is 54.9 Å². The molecular formula is C23H26ClN3O2S. The molecule has 1 N–H and O–H groups in total. The molecule has 4 rings (SSSR count). The molecule has 0 spiro atoms. The standard InChI is InChI=1S/C23H26ClN3O2S/c24-20-6-2-1-4-16(20)9-10-21(28)27-13-3-5-18(14-27)23-26-19(15-30-23)11-12-25-22(29)17-7-8-17/h1-2,4,6,9-10,15,17-18H,3,5,7-8,11-14H2,(H,25,29). The normalized spacial score (nSPS) is 19.2. The van der Waals surface area contributed by atoms with Crippen LogP contribution in [0.2, 0.25) is 5.02 Å². The molecule has 5 nitrogen and oxygen atoms in total. The number of nitrogens with zero attached hydrogens (tertiary/aromatic N) is 2. The average molecular weight is 444 g/mol. The first-order chi connectivity index (χ1) is 14.6. The van der Waals surface area contributed by atoms with Crippen molar-refractivity contribution in [3.63, 3.8) is 0 Å². The van der Waals surface area contributed by atoms with Gasteiger partial charge in [0.1, 0.15) is 0 Å². The zero-order chi connectivity index (χ0) is 20.9. The predicted octanol–water partition coefficient (Wildman–Crippen LogP) is 4.28. The number of aromatic nitrogens is 1. The Morgan fingerprint density at radius 2 is 2.10 bits per heavy atom. The largest absolute Gasteiger partial charge is 0.355 e. The molecule has 2 aromatic rings. The quantitative estimate of drug-likeness (QED) is 0.649. The van der Waals surface area contributed by atoms with Gasteiger partial charge in [0, 0.05) is 54.4 Å². The summed E-state index contributed by atoms with van der Waals surface area (Å²) in [6.07, 6.45) is 8.22. The van der Waals surface area contributed by atoms with Crippen LogP contribution in [0.1, 0.15) is 47.9 Å². The van der Waals surface area contributed by atoms with Crippen molar-refractivity contribution >= 4 is 40.8 Å². The summed E-state index contributed by atoms with van der Waals surface area (Å²) in [6, 6.07) is 7.50. The zero-order valence-corrected chi connectivity index (χ0v) is 18.4. The molecule has 0 bridgehead atoms. The van der Waals surface area contributed by atoms with E-state index in [4.69, 9.17) is 16.6 Å². The molecule has 30 heavy (non-hydrogen) atoms. The third kappa shape index (κ3) is 5.49. The van der Waals surface area contributed by atoms with Crippen LogP contribution in [0, 0.1) is 5.92 Å². The molecule has 7 heteroatoms. The first kappa shape index (κ1) is 21.1. The molecule has 1 aromatic carbocycles. The maximum atomic E-state index is 12.7. The summed E-state index contributed by atoms with van der Waals surface area (Å²) in [6.45, 7) is 2.10. The molecule has 1 unspecified atom stereocenters. The summed E-state index contributed by atoms with van der Waals surface area (Å²) in [5.41, 5.74) is 1.87. The Labute approximate surface area is 186 Å². The minimum Gasteiger partial charge on any atom is -0.355 e. The first-order valence-electron chi connectivity index (χ1n) is 10.5. The van der Waals surface area contributed by atoms with E-state index in [2.05, 4.69) is 10.7 Å². The smallest absolute Gasteiger partial charge is 0.246 e. The highest BCUT2D eigenvalue weighted by Gasteiger charge is 2.29. The topological polar surface area (TPSA) is 62.3 Å². The fraction of sp³-hybridized carbons (Fsp3) is 0.435. The van der Waals surface area contributed by atoms with Crippen molar-refractivity contribution in [3.8, 4) is 0 Å². The molecule has 1 aromatic heterocycles. The number of halogens is 1. The SMILES string of the molecule is O=C(NCCc1csc(C2CCCN(C(=O)C=Cc3ccccc3Cl)C2)n1)C1CC1. The lowest BCUT2D eigenvalue weighted by atomic mass is 9.98. The van der Waals surface area contributed by atoms with Crippen LogP contribution in [-0.2, 0) is 16.0 Å². The molecule has 1 atom stereocenters. The zero-order valence-electron chi connectivity index (χ0n) is 16.9. The molecule has 2 heterocycles.